The molecule has 27 heavy (non-hydrogen) atoms. The molecule has 0 saturated heterocycles. The van der Waals surface area contributed by atoms with E-state index in [4.69, 9.17) is 4.74 Å². The van der Waals surface area contributed by atoms with Gasteiger partial charge in [0.25, 0.3) is 5.91 Å². The zero-order valence-corrected chi connectivity index (χ0v) is 15.4. The summed E-state index contributed by atoms with van der Waals surface area (Å²) in [5, 5.41) is 7.41. The van der Waals surface area contributed by atoms with E-state index in [1.165, 1.54) is 0 Å². The summed E-state index contributed by atoms with van der Waals surface area (Å²) >= 11 is 0. The molecule has 0 radical (unpaired) electrons. The molecule has 0 atom stereocenters. The lowest BCUT2D eigenvalue weighted by molar-refractivity contribution is -0.125. The monoisotopic (exact) mass is 362 g/mol. The van der Waals surface area contributed by atoms with Gasteiger partial charge in [-0.25, -0.2) is 0 Å². The first kappa shape index (κ1) is 18.5. The van der Waals surface area contributed by atoms with Gasteiger partial charge in [-0.1, -0.05) is 54.6 Å². The Morgan fingerprint density at radius 2 is 1.52 bits per heavy atom. The largest absolute Gasteiger partial charge is 0.483 e. The molecule has 2 amide bonds. The predicted octanol–water partition coefficient (Wildman–Crippen LogP) is 3.59. The fourth-order valence-electron chi connectivity index (χ4n) is 2.89. The van der Waals surface area contributed by atoms with Crippen LogP contribution >= 0.6 is 0 Å². The van der Waals surface area contributed by atoms with Crippen LogP contribution in [0, 0.1) is 13.8 Å². The summed E-state index contributed by atoms with van der Waals surface area (Å²) in [5.41, 5.74) is 2.74. The standard InChI is InChI=1S/C22H22N2O3/c1-15-7-5-8-16(2)22(15)24-20(25)13-23-21(26)14-27-19-12-6-10-17-9-3-4-11-18(17)19/h3-12H,13-14H2,1-2H3,(H,23,26)(H,24,25). The number of hydrogen-bond donors (Lipinski definition) is 2. The number of anilines is 1. The first-order valence-electron chi connectivity index (χ1n) is 8.78. The van der Waals surface area contributed by atoms with Crippen LogP contribution in [-0.4, -0.2) is 25.0 Å². The fourth-order valence-corrected chi connectivity index (χ4v) is 2.89. The topological polar surface area (TPSA) is 67.4 Å². The number of amides is 2. The number of carbonyl (C=O) groups is 2. The second kappa shape index (κ2) is 8.36. The average molecular weight is 362 g/mol. The van der Waals surface area contributed by atoms with Crippen molar-refractivity contribution in [2.45, 2.75) is 13.8 Å². The summed E-state index contributed by atoms with van der Waals surface area (Å²) in [6, 6.07) is 19.3. The van der Waals surface area contributed by atoms with E-state index in [1.54, 1.807) is 0 Å². The zero-order valence-electron chi connectivity index (χ0n) is 15.4. The van der Waals surface area contributed by atoms with Crippen molar-refractivity contribution in [3.8, 4) is 5.75 Å². The first-order valence-corrected chi connectivity index (χ1v) is 8.78. The molecule has 5 heteroatoms. The molecule has 5 nitrogen and oxygen atoms in total. The number of nitrogens with one attached hydrogen (secondary N) is 2. The molecule has 0 aliphatic rings. The summed E-state index contributed by atoms with van der Waals surface area (Å²) in [4.78, 5) is 24.1. The lowest BCUT2D eigenvalue weighted by atomic mass is 10.1. The van der Waals surface area contributed by atoms with Crippen LogP contribution in [0.1, 0.15) is 11.1 Å². The number of hydrogen-bond acceptors (Lipinski definition) is 3. The van der Waals surface area contributed by atoms with E-state index < -0.39 is 0 Å². The molecular weight excluding hydrogens is 340 g/mol. The van der Waals surface area contributed by atoms with Gasteiger partial charge >= 0.3 is 0 Å². The van der Waals surface area contributed by atoms with Gasteiger partial charge in [-0.05, 0) is 36.4 Å². The van der Waals surface area contributed by atoms with Crippen LogP contribution in [0.25, 0.3) is 10.8 Å². The Kier molecular flexibility index (Phi) is 5.71. The second-order valence-electron chi connectivity index (χ2n) is 6.36. The van der Waals surface area contributed by atoms with Crippen molar-refractivity contribution in [2.75, 3.05) is 18.5 Å². The molecule has 2 N–H and O–H groups in total. The molecular formula is C22H22N2O3. The van der Waals surface area contributed by atoms with Crippen molar-refractivity contribution in [3.05, 3.63) is 71.8 Å². The molecule has 3 rings (SSSR count). The van der Waals surface area contributed by atoms with Crippen LogP contribution in [-0.2, 0) is 9.59 Å². The third-order valence-electron chi connectivity index (χ3n) is 4.30. The maximum Gasteiger partial charge on any atom is 0.258 e. The molecule has 0 saturated carbocycles. The van der Waals surface area contributed by atoms with Gasteiger partial charge in [0.2, 0.25) is 5.91 Å². The van der Waals surface area contributed by atoms with Crippen molar-refractivity contribution in [1.82, 2.24) is 5.32 Å². The maximum atomic E-state index is 12.1. The molecule has 0 spiro atoms. The van der Waals surface area contributed by atoms with Crippen LogP contribution in [0.4, 0.5) is 5.69 Å². The minimum absolute atomic E-state index is 0.106. The Labute approximate surface area is 158 Å². The highest BCUT2D eigenvalue weighted by Gasteiger charge is 2.10. The molecule has 0 heterocycles. The van der Waals surface area contributed by atoms with Gasteiger partial charge in [-0.3, -0.25) is 9.59 Å². The summed E-state index contributed by atoms with van der Waals surface area (Å²) in [6.07, 6.45) is 0. The molecule has 0 unspecified atom stereocenters. The highest BCUT2D eigenvalue weighted by atomic mass is 16.5. The number of para-hydroxylation sites is 1. The van der Waals surface area contributed by atoms with E-state index in [1.807, 2.05) is 74.5 Å². The van der Waals surface area contributed by atoms with Crippen LogP contribution in [0.2, 0.25) is 0 Å². The molecule has 138 valence electrons. The zero-order chi connectivity index (χ0) is 19.2. The van der Waals surface area contributed by atoms with E-state index in [9.17, 15) is 9.59 Å². The smallest absolute Gasteiger partial charge is 0.258 e. The molecule has 0 aliphatic carbocycles. The first-order chi connectivity index (χ1) is 13.0. The van der Waals surface area contributed by atoms with Crippen molar-refractivity contribution >= 4 is 28.3 Å². The Morgan fingerprint density at radius 1 is 0.852 bits per heavy atom. The van der Waals surface area contributed by atoms with Crippen molar-refractivity contribution in [2.24, 2.45) is 0 Å². The molecule has 0 bridgehead atoms. The normalized spacial score (nSPS) is 10.4. The van der Waals surface area contributed by atoms with Crippen molar-refractivity contribution in [3.63, 3.8) is 0 Å². The van der Waals surface area contributed by atoms with Gasteiger partial charge in [0.1, 0.15) is 5.75 Å². The number of carbonyl (C=O) groups excluding carboxylic acids is 2. The van der Waals surface area contributed by atoms with Gasteiger partial charge in [-0.2, -0.15) is 0 Å². The Bertz CT molecular complexity index is 957. The number of benzene rings is 3. The average Bonchev–Trinajstić information content (AvgIpc) is 2.67. The van der Waals surface area contributed by atoms with Gasteiger partial charge in [0.15, 0.2) is 6.61 Å². The van der Waals surface area contributed by atoms with Gasteiger partial charge < -0.3 is 15.4 Å². The summed E-state index contributed by atoms with van der Waals surface area (Å²) in [6.45, 7) is 3.61. The quantitative estimate of drug-likeness (QED) is 0.704. The van der Waals surface area contributed by atoms with Crippen LogP contribution < -0.4 is 15.4 Å². The lowest BCUT2D eigenvalue weighted by Crippen LogP contribution is -2.36. The minimum atomic E-state index is -0.348. The minimum Gasteiger partial charge on any atom is -0.483 e. The van der Waals surface area contributed by atoms with E-state index in [-0.39, 0.29) is 25.0 Å². The molecule has 0 fully saturated rings. The van der Waals surface area contributed by atoms with Crippen molar-refractivity contribution in [1.29, 1.82) is 0 Å². The van der Waals surface area contributed by atoms with Crippen LogP contribution in [0.15, 0.2) is 60.7 Å². The predicted molar refractivity (Wildman–Crippen MR) is 107 cm³/mol. The SMILES string of the molecule is Cc1cccc(C)c1NC(=O)CNC(=O)COc1cccc2ccccc12. The number of fused-ring (bicyclic) bond motifs is 1. The Balaban J connectivity index is 1.52. The highest BCUT2D eigenvalue weighted by molar-refractivity contribution is 5.96. The summed E-state index contributed by atoms with van der Waals surface area (Å²) in [7, 11) is 0. The van der Waals surface area contributed by atoms with E-state index in [2.05, 4.69) is 10.6 Å². The number of rotatable bonds is 6. The van der Waals surface area contributed by atoms with Crippen LogP contribution in [0.3, 0.4) is 0 Å². The molecule has 3 aromatic carbocycles. The Morgan fingerprint density at radius 3 is 2.30 bits per heavy atom. The summed E-state index contributed by atoms with van der Waals surface area (Å²) in [5.74, 6) is 0.0220. The Hall–Kier alpha value is -3.34. The van der Waals surface area contributed by atoms with Gasteiger partial charge in [0.05, 0.1) is 6.54 Å². The third-order valence-corrected chi connectivity index (χ3v) is 4.30. The third kappa shape index (κ3) is 4.64. The molecule has 3 aromatic rings. The lowest BCUT2D eigenvalue weighted by Gasteiger charge is -2.12. The van der Waals surface area contributed by atoms with Gasteiger partial charge in [0, 0.05) is 11.1 Å². The van der Waals surface area contributed by atoms with Gasteiger partial charge in [-0.15, -0.1) is 0 Å². The van der Waals surface area contributed by atoms with Crippen LogP contribution in [0.5, 0.6) is 5.75 Å². The second-order valence-corrected chi connectivity index (χ2v) is 6.36. The highest BCUT2D eigenvalue weighted by Crippen LogP contribution is 2.25. The number of aryl methyl sites for hydroxylation is 2. The number of ether oxygens (including phenoxy) is 1. The van der Waals surface area contributed by atoms with E-state index in [0.717, 1.165) is 27.6 Å². The summed E-state index contributed by atoms with van der Waals surface area (Å²) < 4.78 is 5.63. The fraction of sp³-hybridized carbons (Fsp3) is 0.182. The van der Waals surface area contributed by atoms with Crippen molar-refractivity contribution < 1.29 is 14.3 Å². The molecule has 0 aliphatic heterocycles. The van der Waals surface area contributed by atoms with E-state index >= 15 is 0 Å². The van der Waals surface area contributed by atoms with E-state index in [0.29, 0.717) is 5.75 Å². The maximum absolute atomic E-state index is 12.1. The molecule has 0 aromatic heterocycles.